The lowest BCUT2D eigenvalue weighted by atomic mass is 10.1. The van der Waals surface area contributed by atoms with E-state index in [0.717, 1.165) is 18.7 Å². The second kappa shape index (κ2) is 6.02. The summed E-state index contributed by atoms with van der Waals surface area (Å²) in [7, 11) is 3.50. The van der Waals surface area contributed by atoms with Crippen LogP contribution in [0.3, 0.4) is 0 Å². The number of nitrogens with zero attached hydrogens (tertiary/aromatic N) is 1. The molecule has 1 saturated heterocycles. The van der Waals surface area contributed by atoms with Gasteiger partial charge in [-0.15, -0.1) is 0 Å². The molecule has 1 aliphatic heterocycles. The van der Waals surface area contributed by atoms with Crippen LogP contribution in [0.5, 0.6) is 0 Å². The largest absolute Gasteiger partial charge is 0.463 e. The first-order valence-electron chi connectivity index (χ1n) is 6.24. The molecule has 2 rings (SSSR count). The number of hydrogen-bond acceptors (Lipinski definition) is 5. The summed E-state index contributed by atoms with van der Waals surface area (Å²) in [5.74, 6) is 0.578. The molecule has 0 spiro atoms. The molecule has 100 valence electrons. The van der Waals surface area contributed by atoms with E-state index in [1.165, 1.54) is 26.3 Å². The van der Waals surface area contributed by atoms with E-state index >= 15 is 0 Å². The maximum Gasteiger partial charge on any atom is 0.374 e. The molecule has 0 aliphatic carbocycles. The Balaban J connectivity index is 1.80. The van der Waals surface area contributed by atoms with Gasteiger partial charge in [0.1, 0.15) is 0 Å². The molecule has 0 bridgehead atoms. The van der Waals surface area contributed by atoms with Gasteiger partial charge < -0.3 is 19.4 Å². The first-order chi connectivity index (χ1) is 8.70. The van der Waals surface area contributed by atoms with Crippen LogP contribution in [0.25, 0.3) is 0 Å². The molecule has 1 N–H and O–H groups in total. The lowest BCUT2D eigenvalue weighted by molar-refractivity contribution is 0.0563. The van der Waals surface area contributed by atoms with Gasteiger partial charge in [-0.1, -0.05) is 0 Å². The van der Waals surface area contributed by atoms with Crippen molar-refractivity contribution in [2.75, 3.05) is 33.8 Å². The highest BCUT2D eigenvalue weighted by molar-refractivity contribution is 5.87. The van der Waals surface area contributed by atoms with E-state index in [1.54, 1.807) is 6.07 Å². The van der Waals surface area contributed by atoms with E-state index in [2.05, 4.69) is 22.0 Å². The standard InChI is InChI=1S/C13H20N2O3/c1-15-5-3-10(9-15)7-14-8-11-4-6-18-12(11)13(16)17-2/h4,6,10,14H,3,5,7-9H2,1-2H3. The molecule has 1 atom stereocenters. The van der Waals surface area contributed by atoms with E-state index in [-0.39, 0.29) is 0 Å². The van der Waals surface area contributed by atoms with Gasteiger partial charge in [-0.25, -0.2) is 4.79 Å². The molecule has 1 fully saturated rings. The number of methoxy groups -OCH3 is 1. The predicted octanol–water partition coefficient (Wildman–Crippen LogP) is 1.11. The van der Waals surface area contributed by atoms with Gasteiger partial charge in [0.25, 0.3) is 0 Å². The van der Waals surface area contributed by atoms with Crippen LogP contribution < -0.4 is 5.32 Å². The van der Waals surface area contributed by atoms with Crippen LogP contribution in [0.4, 0.5) is 0 Å². The van der Waals surface area contributed by atoms with Gasteiger partial charge in [0, 0.05) is 18.7 Å². The Hall–Kier alpha value is -1.33. The summed E-state index contributed by atoms with van der Waals surface area (Å²) in [6, 6.07) is 1.81. The summed E-state index contributed by atoms with van der Waals surface area (Å²) >= 11 is 0. The second-order valence-electron chi connectivity index (χ2n) is 4.81. The van der Waals surface area contributed by atoms with E-state index < -0.39 is 5.97 Å². The van der Waals surface area contributed by atoms with Crippen LogP contribution in [-0.2, 0) is 11.3 Å². The highest BCUT2D eigenvalue weighted by Gasteiger charge is 2.20. The van der Waals surface area contributed by atoms with Crippen molar-refractivity contribution in [3.63, 3.8) is 0 Å². The van der Waals surface area contributed by atoms with Gasteiger partial charge in [-0.2, -0.15) is 0 Å². The maximum atomic E-state index is 11.4. The molecule has 2 heterocycles. The van der Waals surface area contributed by atoms with Crippen LogP contribution in [0.15, 0.2) is 16.7 Å². The highest BCUT2D eigenvalue weighted by atomic mass is 16.5. The maximum absolute atomic E-state index is 11.4. The average molecular weight is 252 g/mol. The normalized spacial score (nSPS) is 20.2. The first-order valence-corrected chi connectivity index (χ1v) is 6.24. The number of rotatable bonds is 5. The van der Waals surface area contributed by atoms with Crippen LogP contribution >= 0.6 is 0 Å². The number of carbonyl (C=O) groups excluding carboxylic acids is 1. The summed E-state index contributed by atoms with van der Waals surface area (Å²) in [5, 5.41) is 3.38. The molecule has 0 amide bonds. The number of nitrogens with one attached hydrogen (secondary N) is 1. The van der Waals surface area contributed by atoms with Crippen molar-refractivity contribution in [2.24, 2.45) is 5.92 Å². The molecule has 0 saturated carbocycles. The van der Waals surface area contributed by atoms with Crippen molar-refractivity contribution < 1.29 is 13.9 Å². The number of hydrogen-bond donors (Lipinski definition) is 1. The summed E-state index contributed by atoms with van der Waals surface area (Å²) in [5.41, 5.74) is 0.855. The quantitative estimate of drug-likeness (QED) is 0.796. The van der Waals surface area contributed by atoms with E-state index in [9.17, 15) is 4.79 Å². The van der Waals surface area contributed by atoms with Crippen molar-refractivity contribution in [1.29, 1.82) is 0 Å². The Labute approximate surface area is 107 Å². The molecule has 0 aromatic carbocycles. The lowest BCUT2D eigenvalue weighted by Gasteiger charge is -2.11. The smallest absolute Gasteiger partial charge is 0.374 e. The Morgan fingerprint density at radius 1 is 1.67 bits per heavy atom. The summed E-state index contributed by atoms with van der Waals surface area (Å²) < 4.78 is 9.80. The van der Waals surface area contributed by atoms with Crippen molar-refractivity contribution in [1.82, 2.24) is 10.2 Å². The number of ether oxygens (including phenoxy) is 1. The van der Waals surface area contributed by atoms with Crippen molar-refractivity contribution in [3.05, 3.63) is 23.7 Å². The van der Waals surface area contributed by atoms with E-state index in [1.807, 2.05) is 0 Å². The van der Waals surface area contributed by atoms with Crippen molar-refractivity contribution in [3.8, 4) is 0 Å². The fraction of sp³-hybridized carbons (Fsp3) is 0.615. The fourth-order valence-corrected chi connectivity index (χ4v) is 2.35. The van der Waals surface area contributed by atoms with Crippen LogP contribution in [0, 0.1) is 5.92 Å². The molecule has 1 aliphatic rings. The number of esters is 1. The highest BCUT2D eigenvalue weighted by Crippen LogP contribution is 2.14. The SMILES string of the molecule is COC(=O)c1occc1CNCC1CCN(C)C1. The van der Waals surface area contributed by atoms with Crippen LogP contribution in [-0.4, -0.2) is 44.7 Å². The van der Waals surface area contributed by atoms with Crippen LogP contribution in [0.1, 0.15) is 22.5 Å². The minimum atomic E-state index is -0.419. The molecule has 1 aromatic heterocycles. The second-order valence-corrected chi connectivity index (χ2v) is 4.81. The van der Waals surface area contributed by atoms with Gasteiger partial charge >= 0.3 is 5.97 Å². The molecule has 1 unspecified atom stereocenters. The van der Waals surface area contributed by atoms with Crippen molar-refractivity contribution in [2.45, 2.75) is 13.0 Å². The first kappa shape index (κ1) is 13.1. The van der Waals surface area contributed by atoms with Gasteiger partial charge in [0.2, 0.25) is 5.76 Å². The third-order valence-electron chi connectivity index (χ3n) is 3.35. The number of furan rings is 1. The monoisotopic (exact) mass is 252 g/mol. The third-order valence-corrected chi connectivity index (χ3v) is 3.35. The van der Waals surface area contributed by atoms with Gasteiger partial charge in [0.15, 0.2) is 0 Å². The molecule has 5 nitrogen and oxygen atoms in total. The van der Waals surface area contributed by atoms with E-state index in [0.29, 0.717) is 18.2 Å². The summed E-state index contributed by atoms with van der Waals surface area (Å²) in [6.07, 6.45) is 2.76. The summed E-state index contributed by atoms with van der Waals surface area (Å²) in [6.45, 7) is 3.92. The minimum Gasteiger partial charge on any atom is -0.463 e. The molecular weight excluding hydrogens is 232 g/mol. The minimum absolute atomic E-state index is 0.300. The molecule has 0 radical (unpaired) electrons. The number of carbonyl (C=O) groups is 1. The zero-order chi connectivity index (χ0) is 13.0. The topological polar surface area (TPSA) is 54.7 Å². The molecule has 1 aromatic rings. The van der Waals surface area contributed by atoms with Gasteiger partial charge in [-0.05, 0) is 38.5 Å². The Morgan fingerprint density at radius 2 is 2.50 bits per heavy atom. The zero-order valence-corrected chi connectivity index (χ0v) is 10.9. The molecule has 18 heavy (non-hydrogen) atoms. The zero-order valence-electron chi connectivity index (χ0n) is 10.9. The molecular formula is C13H20N2O3. The Morgan fingerprint density at radius 3 is 3.17 bits per heavy atom. The summed E-state index contributed by atoms with van der Waals surface area (Å²) in [4.78, 5) is 13.7. The Kier molecular flexibility index (Phi) is 4.38. The molecule has 5 heteroatoms. The Bertz CT molecular complexity index is 403. The average Bonchev–Trinajstić information content (AvgIpc) is 2.98. The van der Waals surface area contributed by atoms with Crippen molar-refractivity contribution >= 4 is 5.97 Å². The third kappa shape index (κ3) is 3.11. The number of likely N-dealkylation sites (tertiary alicyclic amines) is 1. The fourth-order valence-electron chi connectivity index (χ4n) is 2.35. The lowest BCUT2D eigenvalue weighted by Crippen LogP contribution is -2.25. The van der Waals surface area contributed by atoms with Crippen LogP contribution in [0.2, 0.25) is 0 Å². The van der Waals surface area contributed by atoms with E-state index in [4.69, 9.17) is 4.42 Å². The van der Waals surface area contributed by atoms with Gasteiger partial charge in [0.05, 0.1) is 13.4 Å². The predicted molar refractivity (Wildman–Crippen MR) is 67.4 cm³/mol. The van der Waals surface area contributed by atoms with Gasteiger partial charge in [-0.3, -0.25) is 0 Å².